The van der Waals surface area contributed by atoms with Gasteiger partial charge in [0.1, 0.15) is 18.2 Å². The van der Waals surface area contributed by atoms with Crippen molar-refractivity contribution in [2.24, 2.45) is 4.99 Å². The third-order valence-electron chi connectivity index (χ3n) is 7.70. The zero-order chi connectivity index (χ0) is 31.7. The Balaban J connectivity index is 1.46. The van der Waals surface area contributed by atoms with E-state index in [4.69, 9.17) is 19.2 Å². The molecule has 0 N–H and O–H groups in total. The quantitative estimate of drug-likeness (QED) is 0.199. The van der Waals surface area contributed by atoms with E-state index in [0.29, 0.717) is 44.5 Å². The second-order valence-electron chi connectivity index (χ2n) is 10.6. The number of ether oxygens (including phenoxy) is 3. The van der Waals surface area contributed by atoms with Gasteiger partial charge in [0.15, 0.2) is 22.1 Å². The summed E-state index contributed by atoms with van der Waals surface area (Å²) in [5, 5.41) is 1.86. The highest BCUT2D eigenvalue weighted by atomic mass is 32.1. The molecule has 9 heteroatoms. The molecule has 0 amide bonds. The third-order valence-corrected chi connectivity index (χ3v) is 8.68. The molecule has 5 aromatic rings. The van der Waals surface area contributed by atoms with Gasteiger partial charge in [0.2, 0.25) is 0 Å². The summed E-state index contributed by atoms with van der Waals surface area (Å²) in [5.41, 5.74) is 3.05. The highest BCUT2D eigenvalue weighted by molar-refractivity contribution is 7.07. The number of carbonyl (C=O) groups is 1. The van der Waals surface area contributed by atoms with Crippen LogP contribution in [-0.4, -0.2) is 24.1 Å². The van der Waals surface area contributed by atoms with Crippen LogP contribution in [0.5, 0.6) is 17.2 Å². The van der Waals surface area contributed by atoms with Crippen LogP contribution < -0.4 is 29.1 Å². The summed E-state index contributed by atoms with van der Waals surface area (Å²) in [4.78, 5) is 32.5. The van der Waals surface area contributed by atoms with Gasteiger partial charge in [0.05, 0.1) is 24.3 Å². The zero-order valence-electron chi connectivity index (χ0n) is 25.3. The Bertz CT molecular complexity index is 2150. The first-order valence-electron chi connectivity index (χ1n) is 14.5. The molecule has 0 saturated carbocycles. The van der Waals surface area contributed by atoms with Crippen LogP contribution in [0.15, 0.2) is 99.9 Å². The number of fused-ring (bicyclic) bond motifs is 2. The molecule has 1 aromatic heterocycles. The maximum absolute atomic E-state index is 14.2. The van der Waals surface area contributed by atoms with E-state index in [9.17, 15) is 14.0 Å². The Morgan fingerprint density at radius 3 is 2.49 bits per heavy atom. The van der Waals surface area contributed by atoms with Gasteiger partial charge in [0, 0.05) is 16.8 Å². The number of ketones is 1. The number of methoxy groups -OCH3 is 1. The Hall–Kier alpha value is -5.02. The minimum absolute atomic E-state index is 0.164. The van der Waals surface area contributed by atoms with Crippen LogP contribution in [0.2, 0.25) is 0 Å². The lowest BCUT2D eigenvalue weighted by Crippen LogP contribution is -2.39. The number of benzene rings is 4. The first-order chi connectivity index (χ1) is 21.8. The number of aromatic nitrogens is 1. The maximum atomic E-state index is 14.2. The minimum atomic E-state index is -0.719. The van der Waals surface area contributed by atoms with Crippen molar-refractivity contribution in [1.82, 2.24) is 4.57 Å². The van der Waals surface area contributed by atoms with Crippen molar-refractivity contribution < 1.29 is 23.4 Å². The van der Waals surface area contributed by atoms with E-state index in [1.54, 1.807) is 42.9 Å². The lowest BCUT2D eigenvalue weighted by atomic mass is 9.89. The summed E-state index contributed by atoms with van der Waals surface area (Å²) in [6.45, 7) is 5.85. The van der Waals surface area contributed by atoms with Gasteiger partial charge in [-0.15, -0.1) is 0 Å². The number of thiazole rings is 1. The molecule has 228 valence electrons. The van der Waals surface area contributed by atoms with Crippen LogP contribution in [0.3, 0.4) is 0 Å². The third kappa shape index (κ3) is 5.79. The summed E-state index contributed by atoms with van der Waals surface area (Å²) in [7, 11) is 1.59. The summed E-state index contributed by atoms with van der Waals surface area (Å²) in [6, 6.07) is 22.6. The number of rotatable bonds is 9. The molecule has 7 nitrogen and oxygen atoms in total. The van der Waals surface area contributed by atoms with Crippen LogP contribution in [-0.2, 0) is 11.4 Å². The topological polar surface area (TPSA) is 79.1 Å². The number of hydrogen-bond donors (Lipinski definition) is 0. The smallest absolute Gasteiger partial charge is 0.271 e. The Morgan fingerprint density at radius 1 is 1.00 bits per heavy atom. The van der Waals surface area contributed by atoms with E-state index in [-0.39, 0.29) is 23.8 Å². The number of carbonyl (C=O) groups excluding carboxylic acids is 1. The molecule has 0 fully saturated rings. The minimum Gasteiger partial charge on any atom is -0.496 e. The molecule has 45 heavy (non-hydrogen) atoms. The second kappa shape index (κ2) is 12.5. The number of halogens is 1. The Morgan fingerprint density at radius 2 is 1.76 bits per heavy atom. The van der Waals surface area contributed by atoms with Crippen LogP contribution in [0.4, 0.5) is 4.39 Å². The van der Waals surface area contributed by atoms with Crippen LogP contribution in [0, 0.1) is 5.82 Å². The Labute approximate surface area is 263 Å². The highest BCUT2D eigenvalue weighted by Gasteiger charge is 2.33. The second-order valence-corrected chi connectivity index (χ2v) is 11.6. The summed E-state index contributed by atoms with van der Waals surface area (Å²) in [6.07, 6.45) is 1.79. The van der Waals surface area contributed by atoms with Crippen LogP contribution in [0.1, 0.15) is 43.5 Å². The fraction of sp³-hybridized carbons (Fsp3) is 0.194. The van der Waals surface area contributed by atoms with E-state index in [0.717, 1.165) is 27.5 Å². The average molecular weight is 623 g/mol. The van der Waals surface area contributed by atoms with E-state index < -0.39 is 6.04 Å². The lowest BCUT2D eigenvalue weighted by molar-refractivity contribution is -0.114. The summed E-state index contributed by atoms with van der Waals surface area (Å²) < 4.78 is 33.0. The van der Waals surface area contributed by atoms with Crippen molar-refractivity contribution in [3.05, 3.63) is 132 Å². The monoisotopic (exact) mass is 622 g/mol. The normalized spacial score (nSPS) is 14.7. The molecule has 4 aromatic carbocycles. The zero-order valence-corrected chi connectivity index (χ0v) is 26.1. The maximum Gasteiger partial charge on any atom is 0.271 e. The summed E-state index contributed by atoms with van der Waals surface area (Å²) in [5.74, 6) is 1.17. The predicted molar refractivity (Wildman–Crippen MR) is 173 cm³/mol. The van der Waals surface area contributed by atoms with Gasteiger partial charge in [-0.25, -0.2) is 9.38 Å². The van der Waals surface area contributed by atoms with Gasteiger partial charge < -0.3 is 14.2 Å². The molecule has 0 saturated heterocycles. The standard InChI is InChI=1S/C36H31FN2O5S/c1-5-43-30-18-24(12-16-28(30)44-20-23-10-14-26(37)15-11-23)19-31-35(41)39-34(32(22(3)40)21(2)38-36(39)45-31)33-27-9-7-6-8-25(27)13-17-29(33)42-4/h6-19,34H,5,20H2,1-4H3/t34-/m0/s1. The van der Waals surface area contributed by atoms with Crippen molar-refractivity contribution in [3.8, 4) is 17.2 Å². The largest absolute Gasteiger partial charge is 0.496 e. The van der Waals surface area contributed by atoms with Crippen molar-refractivity contribution >= 4 is 34.0 Å². The molecule has 0 spiro atoms. The molecule has 0 radical (unpaired) electrons. The predicted octanol–water partition coefficient (Wildman–Crippen LogP) is 6.10. The molecule has 1 aliphatic heterocycles. The molecular weight excluding hydrogens is 591 g/mol. The fourth-order valence-electron chi connectivity index (χ4n) is 5.67. The fourth-order valence-corrected chi connectivity index (χ4v) is 6.72. The summed E-state index contributed by atoms with van der Waals surface area (Å²) >= 11 is 1.26. The molecule has 1 aliphatic rings. The van der Waals surface area contributed by atoms with E-state index >= 15 is 0 Å². The molecular formula is C36H31FN2O5S. The van der Waals surface area contributed by atoms with Gasteiger partial charge in [-0.05, 0) is 79.1 Å². The lowest BCUT2D eigenvalue weighted by Gasteiger charge is -2.27. The van der Waals surface area contributed by atoms with Gasteiger partial charge in [0.25, 0.3) is 5.56 Å². The Kier molecular flexibility index (Phi) is 8.36. The van der Waals surface area contributed by atoms with Crippen molar-refractivity contribution in [1.29, 1.82) is 0 Å². The van der Waals surface area contributed by atoms with Gasteiger partial charge in [-0.3, -0.25) is 14.2 Å². The van der Waals surface area contributed by atoms with Crippen molar-refractivity contribution in [3.63, 3.8) is 0 Å². The van der Waals surface area contributed by atoms with Crippen LogP contribution >= 0.6 is 11.3 Å². The highest BCUT2D eigenvalue weighted by Crippen LogP contribution is 2.40. The number of nitrogens with zero attached hydrogens (tertiary/aromatic N) is 2. The number of Topliss-reactive ketones (excluding diaryl/α,β-unsaturated/α-hetero) is 1. The number of hydrogen-bond acceptors (Lipinski definition) is 7. The van der Waals surface area contributed by atoms with E-state index in [1.807, 2.05) is 55.5 Å². The molecule has 0 aliphatic carbocycles. The van der Waals surface area contributed by atoms with Crippen LogP contribution in [0.25, 0.3) is 16.8 Å². The van der Waals surface area contributed by atoms with Crippen molar-refractivity contribution in [2.75, 3.05) is 13.7 Å². The molecule has 1 atom stereocenters. The van der Waals surface area contributed by atoms with E-state index in [2.05, 4.69) is 0 Å². The molecule has 0 bridgehead atoms. The number of allylic oxidation sites excluding steroid dienone is 2. The van der Waals surface area contributed by atoms with E-state index in [1.165, 1.54) is 30.4 Å². The van der Waals surface area contributed by atoms with Gasteiger partial charge >= 0.3 is 0 Å². The van der Waals surface area contributed by atoms with Crippen molar-refractivity contribution in [2.45, 2.75) is 33.4 Å². The van der Waals surface area contributed by atoms with Gasteiger partial charge in [-0.1, -0.05) is 59.9 Å². The molecule has 2 heterocycles. The molecule has 0 unspecified atom stereocenters. The van der Waals surface area contributed by atoms with Gasteiger partial charge in [-0.2, -0.15) is 0 Å². The first-order valence-corrected chi connectivity index (χ1v) is 15.3. The first kappa shape index (κ1) is 30.0. The molecule has 6 rings (SSSR count). The average Bonchev–Trinajstić information content (AvgIpc) is 3.34. The SMILES string of the molecule is CCOc1cc(C=c2sc3n(c2=O)[C@H](c2c(OC)ccc4ccccc24)C(C(C)=O)=C(C)N=3)ccc1OCc1ccc(F)cc1.